The number of nitrogens with one attached hydrogen (secondary N) is 1. The summed E-state index contributed by atoms with van der Waals surface area (Å²) < 4.78 is 5.86. The summed E-state index contributed by atoms with van der Waals surface area (Å²) in [4.78, 5) is 0. The number of furan rings is 1. The van der Waals surface area contributed by atoms with Crippen molar-refractivity contribution in [3.8, 4) is 0 Å². The van der Waals surface area contributed by atoms with Crippen LogP contribution in [0.4, 0.5) is 0 Å². The van der Waals surface area contributed by atoms with Gasteiger partial charge in [0.05, 0.1) is 12.6 Å². The lowest BCUT2D eigenvalue weighted by Gasteiger charge is -2.11. The molecule has 3 rings (SSSR count). The van der Waals surface area contributed by atoms with E-state index in [0.29, 0.717) is 0 Å². The third-order valence-electron chi connectivity index (χ3n) is 3.69. The molecule has 0 spiro atoms. The van der Waals surface area contributed by atoms with E-state index in [1.54, 1.807) is 0 Å². The average Bonchev–Trinajstić information content (AvgIpc) is 2.97. The molecular weight excluding hydrogens is 262 g/mol. The van der Waals surface area contributed by atoms with Gasteiger partial charge in [0.25, 0.3) is 0 Å². The number of aliphatic hydroxyl groups is 1. The fourth-order valence-electron chi connectivity index (χ4n) is 2.35. The third-order valence-corrected chi connectivity index (χ3v) is 3.69. The number of hydrogen-bond donors (Lipinski definition) is 2. The molecule has 3 heteroatoms. The largest absolute Gasteiger partial charge is 0.459 e. The molecule has 1 atom stereocenters. The highest BCUT2D eigenvalue weighted by Gasteiger charge is 2.10. The Morgan fingerprint density at radius 2 is 1.76 bits per heavy atom. The van der Waals surface area contributed by atoms with Crippen molar-refractivity contribution in [3.05, 3.63) is 71.5 Å². The van der Waals surface area contributed by atoms with Crippen LogP contribution in [0.5, 0.6) is 0 Å². The van der Waals surface area contributed by atoms with Gasteiger partial charge < -0.3 is 14.8 Å². The van der Waals surface area contributed by atoms with Crippen LogP contribution in [-0.2, 0) is 13.2 Å². The molecule has 0 fully saturated rings. The van der Waals surface area contributed by atoms with Gasteiger partial charge in [-0.3, -0.25) is 0 Å². The molecular formula is C18H19NO2. The molecule has 0 radical (unpaired) electrons. The Balaban J connectivity index is 1.66. The van der Waals surface area contributed by atoms with Gasteiger partial charge in [0.1, 0.15) is 11.3 Å². The van der Waals surface area contributed by atoms with Crippen molar-refractivity contribution in [2.45, 2.75) is 26.1 Å². The standard InChI is InChI=1S/C18H19NO2/c1-13(18-10-16-4-2-3-5-17(16)21-18)19-11-14-6-8-15(12-20)9-7-14/h2-10,13,19-20H,11-12H2,1H3. The number of rotatable bonds is 5. The molecule has 0 aliphatic carbocycles. The summed E-state index contributed by atoms with van der Waals surface area (Å²) in [6.07, 6.45) is 0. The predicted molar refractivity (Wildman–Crippen MR) is 83.8 cm³/mol. The van der Waals surface area contributed by atoms with E-state index in [4.69, 9.17) is 9.52 Å². The van der Waals surface area contributed by atoms with Gasteiger partial charge in [0.15, 0.2) is 0 Å². The number of para-hydroxylation sites is 1. The van der Waals surface area contributed by atoms with E-state index < -0.39 is 0 Å². The molecule has 3 nitrogen and oxygen atoms in total. The van der Waals surface area contributed by atoms with Crippen LogP contribution in [0, 0.1) is 0 Å². The van der Waals surface area contributed by atoms with E-state index in [9.17, 15) is 0 Å². The summed E-state index contributed by atoms with van der Waals surface area (Å²) in [7, 11) is 0. The van der Waals surface area contributed by atoms with Gasteiger partial charge in [-0.1, -0.05) is 42.5 Å². The maximum atomic E-state index is 9.04. The van der Waals surface area contributed by atoms with Gasteiger partial charge in [-0.2, -0.15) is 0 Å². The van der Waals surface area contributed by atoms with Crippen LogP contribution in [0.25, 0.3) is 11.0 Å². The van der Waals surface area contributed by atoms with Crippen molar-refractivity contribution < 1.29 is 9.52 Å². The Morgan fingerprint density at radius 1 is 1.05 bits per heavy atom. The molecule has 1 aromatic heterocycles. The van der Waals surface area contributed by atoms with Crippen LogP contribution in [-0.4, -0.2) is 5.11 Å². The van der Waals surface area contributed by atoms with Crippen molar-refractivity contribution in [1.29, 1.82) is 0 Å². The predicted octanol–water partition coefficient (Wildman–Crippen LogP) is 3.78. The highest BCUT2D eigenvalue weighted by atomic mass is 16.3. The molecule has 2 aromatic carbocycles. The van der Waals surface area contributed by atoms with E-state index >= 15 is 0 Å². The van der Waals surface area contributed by atoms with Gasteiger partial charge in [-0.25, -0.2) is 0 Å². The molecule has 2 N–H and O–H groups in total. The summed E-state index contributed by atoms with van der Waals surface area (Å²) in [5, 5.41) is 13.6. The lowest BCUT2D eigenvalue weighted by Crippen LogP contribution is -2.17. The van der Waals surface area contributed by atoms with Crippen LogP contribution in [0.15, 0.2) is 59.0 Å². The molecule has 1 heterocycles. The maximum absolute atomic E-state index is 9.04. The zero-order valence-corrected chi connectivity index (χ0v) is 12.0. The lowest BCUT2D eigenvalue weighted by molar-refractivity contribution is 0.282. The van der Waals surface area contributed by atoms with Gasteiger partial charge in [0.2, 0.25) is 0 Å². The average molecular weight is 281 g/mol. The molecule has 0 aliphatic heterocycles. The molecule has 0 bridgehead atoms. The first-order valence-electron chi connectivity index (χ1n) is 7.17. The van der Waals surface area contributed by atoms with E-state index in [-0.39, 0.29) is 12.6 Å². The second-order valence-electron chi connectivity index (χ2n) is 5.26. The van der Waals surface area contributed by atoms with Gasteiger partial charge in [-0.15, -0.1) is 0 Å². The van der Waals surface area contributed by atoms with Crippen molar-refractivity contribution >= 4 is 11.0 Å². The summed E-state index contributed by atoms with van der Waals surface area (Å²) in [6.45, 7) is 2.95. The monoisotopic (exact) mass is 281 g/mol. The van der Waals surface area contributed by atoms with Gasteiger partial charge in [0, 0.05) is 11.9 Å². The van der Waals surface area contributed by atoms with E-state index in [1.807, 2.05) is 42.5 Å². The highest BCUT2D eigenvalue weighted by Crippen LogP contribution is 2.23. The molecule has 0 aliphatic rings. The zero-order chi connectivity index (χ0) is 14.7. The Morgan fingerprint density at radius 3 is 2.48 bits per heavy atom. The summed E-state index contributed by atoms with van der Waals surface area (Å²) in [6, 6.07) is 18.2. The molecule has 0 saturated heterocycles. The van der Waals surface area contributed by atoms with E-state index in [0.717, 1.165) is 28.8 Å². The topological polar surface area (TPSA) is 45.4 Å². The number of benzene rings is 2. The van der Waals surface area contributed by atoms with E-state index in [1.165, 1.54) is 5.56 Å². The van der Waals surface area contributed by atoms with Crippen molar-refractivity contribution in [2.24, 2.45) is 0 Å². The Bertz CT molecular complexity index is 682. The van der Waals surface area contributed by atoms with Crippen LogP contribution < -0.4 is 5.32 Å². The van der Waals surface area contributed by atoms with Crippen LogP contribution in [0.3, 0.4) is 0 Å². The Labute approximate surface area is 124 Å². The molecule has 108 valence electrons. The quantitative estimate of drug-likeness (QED) is 0.748. The minimum Gasteiger partial charge on any atom is -0.459 e. The fraction of sp³-hybridized carbons (Fsp3) is 0.222. The number of aliphatic hydroxyl groups excluding tert-OH is 1. The fourth-order valence-corrected chi connectivity index (χ4v) is 2.35. The Hall–Kier alpha value is -2.10. The highest BCUT2D eigenvalue weighted by molar-refractivity contribution is 5.77. The summed E-state index contributed by atoms with van der Waals surface area (Å²) in [5.74, 6) is 0.947. The lowest BCUT2D eigenvalue weighted by atomic mass is 10.1. The van der Waals surface area contributed by atoms with Crippen LogP contribution in [0.1, 0.15) is 29.9 Å². The summed E-state index contributed by atoms with van der Waals surface area (Å²) >= 11 is 0. The molecule has 3 aromatic rings. The first kappa shape index (κ1) is 13.9. The van der Waals surface area contributed by atoms with Crippen molar-refractivity contribution in [2.75, 3.05) is 0 Å². The van der Waals surface area contributed by atoms with Gasteiger partial charge in [-0.05, 0) is 30.2 Å². The molecule has 21 heavy (non-hydrogen) atoms. The van der Waals surface area contributed by atoms with Crippen LogP contribution >= 0.6 is 0 Å². The summed E-state index contributed by atoms with van der Waals surface area (Å²) in [5.41, 5.74) is 3.05. The van der Waals surface area contributed by atoms with Crippen molar-refractivity contribution in [1.82, 2.24) is 5.32 Å². The number of fused-ring (bicyclic) bond motifs is 1. The smallest absolute Gasteiger partial charge is 0.134 e. The van der Waals surface area contributed by atoms with Gasteiger partial charge >= 0.3 is 0 Å². The maximum Gasteiger partial charge on any atom is 0.134 e. The third kappa shape index (κ3) is 3.15. The normalized spacial score (nSPS) is 12.7. The zero-order valence-electron chi connectivity index (χ0n) is 12.0. The Kier molecular flexibility index (Phi) is 4.04. The minimum absolute atomic E-state index is 0.0864. The number of hydrogen-bond acceptors (Lipinski definition) is 3. The molecule has 0 amide bonds. The minimum atomic E-state index is 0.0864. The second-order valence-corrected chi connectivity index (χ2v) is 5.26. The SMILES string of the molecule is CC(NCc1ccc(CO)cc1)c1cc2ccccc2o1. The van der Waals surface area contributed by atoms with E-state index in [2.05, 4.69) is 24.4 Å². The first-order chi connectivity index (χ1) is 10.3. The van der Waals surface area contributed by atoms with Crippen molar-refractivity contribution in [3.63, 3.8) is 0 Å². The second kappa shape index (κ2) is 6.12. The molecule has 1 unspecified atom stereocenters. The van der Waals surface area contributed by atoms with Crippen LogP contribution in [0.2, 0.25) is 0 Å². The first-order valence-corrected chi connectivity index (χ1v) is 7.17. The molecule has 0 saturated carbocycles.